The molecule has 1 amide bonds. The van der Waals surface area contributed by atoms with Gasteiger partial charge in [0.25, 0.3) is 5.91 Å². The lowest BCUT2D eigenvalue weighted by Crippen LogP contribution is -2.30. The summed E-state index contributed by atoms with van der Waals surface area (Å²) in [6.45, 7) is 9.53. The molecule has 0 aliphatic heterocycles. The molecule has 3 N–H and O–H groups in total. The summed E-state index contributed by atoms with van der Waals surface area (Å²) in [5.41, 5.74) is 11.0. The minimum absolute atomic E-state index is 0.322. The van der Waals surface area contributed by atoms with Gasteiger partial charge in [0.15, 0.2) is 12.1 Å². The van der Waals surface area contributed by atoms with Crippen LogP contribution in [0.15, 0.2) is 110 Å². The number of esters is 1. The minimum atomic E-state index is -0.455. The monoisotopic (exact) mass is 712 g/mol. The predicted molar refractivity (Wildman–Crippen MR) is 200 cm³/mol. The fourth-order valence-corrected chi connectivity index (χ4v) is 4.32. The van der Waals surface area contributed by atoms with Crippen LogP contribution in [0.5, 0.6) is 0 Å². The van der Waals surface area contributed by atoms with E-state index in [-0.39, 0.29) is 11.9 Å². The maximum atomic E-state index is 10.9. The molecule has 0 atom stereocenters. The van der Waals surface area contributed by atoms with Gasteiger partial charge in [0.05, 0.1) is 30.1 Å². The Labute approximate surface area is 307 Å². The molecule has 0 aliphatic rings. The van der Waals surface area contributed by atoms with E-state index in [0.717, 1.165) is 39.5 Å². The highest BCUT2D eigenvalue weighted by molar-refractivity contribution is 6.33. The number of amides is 1. The van der Waals surface area contributed by atoms with Crippen molar-refractivity contribution in [3.63, 3.8) is 0 Å². The van der Waals surface area contributed by atoms with Gasteiger partial charge in [-0.15, -0.1) is 5.10 Å². The van der Waals surface area contributed by atoms with Crippen molar-refractivity contribution in [3.8, 4) is 22.6 Å². The number of nitrogens with one attached hydrogen (secondary N) is 1. The van der Waals surface area contributed by atoms with Gasteiger partial charge in [-0.3, -0.25) is 34.8 Å². The fraction of sp³-hybridized carbons (Fsp3) is 0.150. The van der Waals surface area contributed by atoms with Crippen molar-refractivity contribution in [2.45, 2.75) is 34.6 Å². The van der Waals surface area contributed by atoms with E-state index in [4.69, 9.17) is 5.84 Å². The molecule has 270 valence electrons. The number of nitrogens with zero attached hydrogens (tertiary/aromatic N) is 6. The predicted octanol–water partition coefficient (Wildman–Crippen LogP) is 5.76. The first-order valence-electron chi connectivity index (χ1n) is 16.2. The summed E-state index contributed by atoms with van der Waals surface area (Å²) < 4.78 is 4.50. The third kappa shape index (κ3) is 12.8. The lowest BCUT2D eigenvalue weighted by molar-refractivity contribution is -0.104. The quantitative estimate of drug-likeness (QED) is 0.0404. The average molecular weight is 713 g/mol. The van der Waals surface area contributed by atoms with E-state index in [0.29, 0.717) is 28.8 Å². The largest absolute Gasteiger partial charge is 0.465 e. The average Bonchev–Trinajstić information content (AvgIpc) is 3.19. The fourth-order valence-electron chi connectivity index (χ4n) is 4.32. The van der Waals surface area contributed by atoms with Crippen LogP contribution >= 0.6 is 0 Å². The molecule has 13 heteroatoms. The summed E-state index contributed by atoms with van der Waals surface area (Å²) in [6, 6.07) is 25.9. The first-order chi connectivity index (χ1) is 25.5. The highest BCUT2D eigenvalue weighted by atomic mass is 16.5. The number of nitrogens with two attached hydrogens (primary N) is 1. The van der Waals surface area contributed by atoms with Gasteiger partial charge in [0.1, 0.15) is 0 Å². The summed E-state index contributed by atoms with van der Waals surface area (Å²) in [5.74, 6) is 4.38. The van der Waals surface area contributed by atoms with Gasteiger partial charge in [0.2, 0.25) is 5.78 Å². The lowest BCUT2D eigenvalue weighted by atomic mass is 10.1. The third-order valence-electron chi connectivity index (χ3n) is 7.30. The molecule has 0 bridgehead atoms. The summed E-state index contributed by atoms with van der Waals surface area (Å²) in [6.07, 6.45) is 6.78. The summed E-state index contributed by atoms with van der Waals surface area (Å²) in [4.78, 5) is 59.4. The number of hydrogen-bond donors (Lipinski definition) is 2. The van der Waals surface area contributed by atoms with E-state index in [2.05, 4.69) is 47.9 Å². The van der Waals surface area contributed by atoms with Gasteiger partial charge in [-0.1, -0.05) is 48.5 Å². The highest BCUT2D eigenvalue weighted by Gasteiger charge is 2.08. The van der Waals surface area contributed by atoms with Crippen LogP contribution in [0.2, 0.25) is 0 Å². The lowest BCUT2D eigenvalue weighted by Gasteiger charge is -2.05. The SMILES string of the molecule is COC(=O)c1ccc(C)nc1.Cc1ccc(-c2nncc(-c3ccccc3C)n2)cn1.Cc1ccc(C(=O)NN)cn1.Cc1ccccc1C(=O)C=O. The molecule has 0 radical (unpaired) electrons. The third-order valence-corrected chi connectivity index (χ3v) is 7.30. The molecule has 6 rings (SSSR count). The number of aryl methyl sites for hydroxylation is 5. The van der Waals surface area contributed by atoms with Crippen molar-refractivity contribution in [1.82, 2.24) is 35.6 Å². The zero-order valence-electron chi connectivity index (χ0n) is 30.3. The molecule has 13 nitrogen and oxygen atoms in total. The Bertz CT molecular complexity index is 2060. The molecule has 0 saturated carbocycles. The zero-order chi connectivity index (χ0) is 38.8. The Kier molecular flexibility index (Phi) is 15.9. The first kappa shape index (κ1) is 40.6. The molecule has 2 aromatic carbocycles. The van der Waals surface area contributed by atoms with Crippen LogP contribution in [0.25, 0.3) is 22.6 Å². The Balaban J connectivity index is 0.000000200. The van der Waals surface area contributed by atoms with Crippen LogP contribution in [0.3, 0.4) is 0 Å². The number of nitrogen functional groups attached to an aromatic ring is 1. The summed E-state index contributed by atoms with van der Waals surface area (Å²) in [7, 11) is 1.35. The number of hydrazine groups is 1. The van der Waals surface area contributed by atoms with E-state index in [1.807, 2.05) is 62.6 Å². The number of rotatable bonds is 6. The number of methoxy groups -OCH3 is 1. The summed E-state index contributed by atoms with van der Waals surface area (Å²) in [5, 5.41) is 8.15. The molecule has 0 saturated heterocycles. The molecule has 0 unspecified atom stereocenters. The minimum Gasteiger partial charge on any atom is -0.465 e. The van der Waals surface area contributed by atoms with E-state index in [9.17, 15) is 19.2 Å². The van der Waals surface area contributed by atoms with Crippen molar-refractivity contribution in [2.24, 2.45) is 5.84 Å². The maximum absolute atomic E-state index is 10.9. The molecular formula is C40H40N8O5. The van der Waals surface area contributed by atoms with Crippen molar-refractivity contribution in [3.05, 3.63) is 155 Å². The molecule has 4 aromatic heterocycles. The number of Topliss-reactive ketones (excluding diaryl/α,β-unsaturated/α-hetero) is 1. The number of hydrogen-bond acceptors (Lipinski definition) is 12. The number of pyridine rings is 3. The van der Waals surface area contributed by atoms with Gasteiger partial charge in [0, 0.05) is 52.4 Å². The molecule has 53 heavy (non-hydrogen) atoms. The maximum Gasteiger partial charge on any atom is 0.339 e. The van der Waals surface area contributed by atoms with Crippen molar-refractivity contribution < 1.29 is 23.9 Å². The van der Waals surface area contributed by atoms with Gasteiger partial charge in [-0.05, 0) is 82.1 Å². The Hall–Kier alpha value is -6.86. The van der Waals surface area contributed by atoms with Crippen molar-refractivity contribution >= 4 is 23.9 Å². The van der Waals surface area contributed by atoms with Crippen LogP contribution in [-0.4, -0.2) is 61.2 Å². The number of aldehydes is 1. The molecule has 6 aromatic rings. The second-order valence-corrected chi connectivity index (χ2v) is 11.3. The van der Waals surface area contributed by atoms with Crippen LogP contribution in [0.4, 0.5) is 0 Å². The molecule has 4 heterocycles. The van der Waals surface area contributed by atoms with Crippen LogP contribution < -0.4 is 11.3 Å². The standard InChI is InChI=1S/C16H14N4.C9H8O2.C8H9NO2.C7H9N3O/c1-11-5-3-4-6-14(11)15-10-18-20-16(19-15)13-8-7-12(2)17-9-13;1-7-4-2-3-5-8(7)9(11)6-10;1-6-3-4-7(5-9-6)8(10)11-2;1-5-2-3-6(4-9-5)7(11)10-8/h3-10H,1-2H3;2-6H,1H3;3-5H,1-2H3;2-4H,8H2,1H3,(H,10,11). The molecule has 0 aliphatic carbocycles. The van der Waals surface area contributed by atoms with Crippen LogP contribution in [0, 0.1) is 34.6 Å². The Morgan fingerprint density at radius 3 is 1.75 bits per heavy atom. The van der Waals surface area contributed by atoms with E-state index < -0.39 is 5.78 Å². The number of aromatic nitrogens is 6. The number of ether oxygens (including phenoxy) is 1. The van der Waals surface area contributed by atoms with Gasteiger partial charge < -0.3 is 4.74 Å². The first-order valence-corrected chi connectivity index (χ1v) is 16.2. The van der Waals surface area contributed by atoms with E-state index in [1.165, 1.54) is 25.1 Å². The number of carbonyl (C=O) groups is 4. The highest BCUT2D eigenvalue weighted by Crippen LogP contribution is 2.22. The molecule has 0 fully saturated rings. The summed E-state index contributed by atoms with van der Waals surface area (Å²) >= 11 is 0. The number of carbonyl (C=O) groups excluding carboxylic acids is 4. The van der Waals surface area contributed by atoms with Gasteiger partial charge >= 0.3 is 5.97 Å². The smallest absolute Gasteiger partial charge is 0.339 e. The van der Waals surface area contributed by atoms with E-state index in [1.54, 1.807) is 61.8 Å². The van der Waals surface area contributed by atoms with Crippen molar-refractivity contribution in [2.75, 3.05) is 7.11 Å². The second-order valence-electron chi connectivity index (χ2n) is 11.3. The second kappa shape index (κ2) is 20.7. The zero-order valence-corrected chi connectivity index (χ0v) is 30.3. The number of ketones is 1. The van der Waals surface area contributed by atoms with Crippen LogP contribution in [-0.2, 0) is 9.53 Å². The molecular weight excluding hydrogens is 672 g/mol. The van der Waals surface area contributed by atoms with Gasteiger partial charge in [-0.2, -0.15) is 5.10 Å². The topological polar surface area (TPSA) is 193 Å². The van der Waals surface area contributed by atoms with Crippen molar-refractivity contribution in [1.29, 1.82) is 0 Å². The Morgan fingerprint density at radius 2 is 1.25 bits per heavy atom. The number of benzene rings is 2. The Morgan fingerprint density at radius 1 is 0.679 bits per heavy atom. The normalized spacial score (nSPS) is 9.72. The molecule has 0 spiro atoms. The van der Waals surface area contributed by atoms with E-state index >= 15 is 0 Å². The van der Waals surface area contributed by atoms with Crippen LogP contribution in [0.1, 0.15) is 59.3 Å². The van der Waals surface area contributed by atoms with Gasteiger partial charge in [-0.25, -0.2) is 15.6 Å².